The van der Waals surface area contributed by atoms with Crippen molar-refractivity contribution < 1.29 is 4.79 Å². The lowest BCUT2D eigenvalue weighted by Crippen LogP contribution is -2.39. The summed E-state index contributed by atoms with van der Waals surface area (Å²) in [5.74, 6) is -0.0615. The van der Waals surface area contributed by atoms with Crippen molar-refractivity contribution in [3.05, 3.63) is 65.2 Å². The van der Waals surface area contributed by atoms with E-state index in [1.165, 1.54) is 25.8 Å². The molecular formula is C25H28ClN3O. The Morgan fingerprint density at radius 2 is 1.97 bits per heavy atom. The zero-order chi connectivity index (χ0) is 20.9. The van der Waals surface area contributed by atoms with E-state index >= 15 is 0 Å². The van der Waals surface area contributed by atoms with E-state index in [2.05, 4.69) is 17.1 Å². The molecular weight excluding hydrogens is 394 g/mol. The summed E-state index contributed by atoms with van der Waals surface area (Å²) >= 11 is 6.38. The van der Waals surface area contributed by atoms with Crippen LogP contribution < -0.4 is 5.32 Å². The molecule has 5 heteroatoms. The Morgan fingerprint density at radius 3 is 2.80 bits per heavy atom. The fourth-order valence-corrected chi connectivity index (χ4v) is 4.47. The molecule has 2 aromatic carbocycles. The van der Waals surface area contributed by atoms with Crippen LogP contribution in [0.15, 0.2) is 54.6 Å². The van der Waals surface area contributed by atoms with E-state index in [0.29, 0.717) is 28.9 Å². The molecule has 1 unspecified atom stereocenters. The van der Waals surface area contributed by atoms with Gasteiger partial charge < -0.3 is 10.2 Å². The number of carbonyl (C=O) groups is 1. The fraction of sp³-hybridized carbons (Fsp3) is 0.360. The number of nitrogens with one attached hydrogen (secondary N) is 1. The van der Waals surface area contributed by atoms with E-state index in [1.807, 2.05) is 54.6 Å². The highest BCUT2D eigenvalue weighted by Crippen LogP contribution is 2.29. The van der Waals surface area contributed by atoms with Gasteiger partial charge >= 0.3 is 0 Å². The minimum Gasteiger partial charge on any atom is -0.352 e. The Morgan fingerprint density at radius 1 is 1.17 bits per heavy atom. The number of likely N-dealkylation sites (tertiary alicyclic amines) is 1. The lowest BCUT2D eigenvalue weighted by atomic mass is 10.0. The summed E-state index contributed by atoms with van der Waals surface area (Å²) in [5.41, 5.74) is 2.98. The van der Waals surface area contributed by atoms with Crippen LogP contribution in [0.1, 0.15) is 43.0 Å². The highest BCUT2D eigenvalue weighted by Gasteiger charge is 2.18. The van der Waals surface area contributed by atoms with Gasteiger partial charge in [0.2, 0.25) is 0 Å². The van der Waals surface area contributed by atoms with Gasteiger partial charge in [-0.25, -0.2) is 4.98 Å². The molecule has 2 heterocycles. The van der Waals surface area contributed by atoms with Crippen molar-refractivity contribution in [3.8, 4) is 11.3 Å². The second-order valence-electron chi connectivity index (χ2n) is 8.04. The first-order valence-electron chi connectivity index (χ1n) is 10.8. The molecule has 0 spiro atoms. The van der Waals surface area contributed by atoms with Gasteiger partial charge in [0.25, 0.3) is 5.91 Å². The van der Waals surface area contributed by atoms with Crippen molar-refractivity contribution in [2.24, 2.45) is 0 Å². The minimum absolute atomic E-state index is 0.0615. The van der Waals surface area contributed by atoms with Crippen LogP contribution in [0.3, 0.4) is 0 Å². The molecule has 4 rings (SSSR count). The third-order valence-corrected chi connectivity index (χ3v) is 6.29. The molecule has 3 aromatic rings. The molecule has 30 heavy (non-hydrogen) atoms. The van der Waals surface area contributed by atoms with E-state index < -0.39 is 0 Å². The maximum Gasteiger partial charge on any atom is 0.252 e. The molecule has 1 atom stereocenters. The van der Waals surface area contributed by atoms with Crippen LogP contribution in [0.5, 0.6) is 0 Å². The molecule has 4 nitrogen and oxygen atoms in total. The third kappa shape index (κ3) is 4.66. The minimum atomic E-state index is -0.0615. The Bertz CT molecular complexity index is 1040. The van der Waals surface area contributed by atoms with Crippen molar-refractivity contribution in [2.75, 3.05) is 19.6 Å². The third-order valence-electron chi connectivity index (χ3n) is 5.96. The monoisotopic (exact) mass is 421 g/mol. The summed E-state index contributed by atoms with van der Waals surface area (Å²) in [7, 11) is 0. The highest BCUT2D eigenvalue weighted by molar-refractivity contribution is 6.33. The summed E-state index contributed by atoms with van der Waals surface area (Å²) in [6, 6.07) is 17.9. The molecule has 0 radical (unpaired) electrons. The summed E-state index contributed by atoms with van der Waals surface area (Å²) in [6.07, 6.45) is 4.85. The number of aromatic nitrogens is 1. The van der Waals surface area contributed by atoms with Crippen LogP contribution in [0.2, 0.25) is 5.02 Å². The van der Waals surface area contributed by atoms with Gasteiger partial charge in [-0.1, -0.05) is 54.4 Å². The topological polar surface area (TPSA) is 45.2 Å². The zero-order valence-corrected chi connectivity index (χ0v) is 18.2. The Balaban J connectivity index is 1.51. The Hall–Kier alpha value is -2.43. The van der Waals surface area contributed by atoms with E-state index in [0.717, 1.165) is 29.4 Å². The van der Waals surface area contributed by atoms with Crippen LogP contribution in [-0.2, 0) is 0 Å². The van der Waals surface area contributed by atoms with Gasteiger partial charge in [0.1, 0.15) is 0 Å². The molecule has 0 bridgehead atoms. The number of benzene rings is 2. The number of carbonyl (C=O) groups excluding carboxylic acids is 1. The molecule has 1 aliphatic rings. The number of para-hydroxylation sites is 1. The van der Waals surface area contributed by atoms with Crippen LogP contribution in [0, 0.1) is 0 Å². The van der Waals surface area contributed by atoms with Crippen LogP contribution >= 0.6 is 11.6 Å². The van der Waals surface area contributed by atoms with Gasteiger partial charge in [0.15, 0.2) is 0 Å². The summed E-state index contributed by atoms with van der Waals surface area (Å²) in [5, 5.41) is 4.60. The van der Waals surface area contributed by atoms with Crippen LogP contribution in [0.4, 0.5) is 0 Å². The van der Waals surface area contributed by atoms with Crippen LogP contribution in [-0.4, -0.2) is 41.5 Å². The predicted molar refractivity (Wildman–Crippen MR) is 124 cm³/mol. The Kier molecular flexibility index (Phi) is 6.66. The van der Waals surface area contributed by atoms with E-state index in [9.17, 15) is 4.79 Å². The number of pyridine rings is 1. The molecule has 156 valence electrons. The van der Waals surface area contributed by atoms with Gasteiger partial charge in [-0.15, -0.1) is 0 Å². The average molecular weight is 422 g/mol. The zero-order valence-electron chi connectivity index (χ0n) is 17.4. The molecule has 1 amide bonds. The summed E-state index contributed by atoms with van der Waals surface area (Å²) in [4.78, 5) is 20.3. The van der Waals surface area contributed by atoms with Crippen molar-refractivity contribution in [1.82, 2.24) is 15.2 Å². The number of nitrogens with zero attached hydrogens (tertiary/aromatic N) is 2. The summed E-state index contributed by atoms with van der Waals surface area (Å²) in [6.45, 7) is 5.17. The second kappa shape index (κ2) is 9.59. The van der Waals surface area contributed by atoms with Crippen molar-refractivity contribution in [1.29, 1.82) is 0 Å². The molecule has 1 saturated heterocycles. The van der Waals surface area contributed by atoms with E-state index in [4.69, 9.17) is 16.6 Å². The molecule has 1 aliphatic heterocycles. The van der Waals surface area contributed by atoms with Gasteiger partial charge in [0.05, 0.1) is 16.8 Å². The number of piperidine rings is 1. The molecule has 1 aromatic heterocycles. The molecule has 1 fully saturated rings. The normalized spacial score (nSPS) is 17.2. The van der Waals surface area contributed by atoms with Crippen LogP contribution in [0.25, 0.3) is 22.2 Å². The number of amides is 1. The number of hydrogen-bond acceptors (Lipinski definition) is 3. The molecule has 0 aliphatic carbocycles. The summed E-state index contributed by atoms with van der Waals surface area (Å²) < 4.78 is 0. The SMILES string of the molecule is CC1CCCCN1CCCNC(=O)c1cc(-c2ccccc2Cl)nc2ccccc12. The molecule has 1 N–H and O–H groups in total. The number of hydrogen-bond donors (Lipinski definition) is 1. The van der Waals surface area contributed by atoms with E-state index in [-0.39, 0.29) is 5.91 Å². The van der Waals surface area contributed by atoms with Crippen molar-refractivity contribution in [2.45, 2.75) is 38.6 Å². The van der Waals surface area contributed by atoms with E-state index in [1.54, 1.807) is 0 Å². The van der Waals surface area contributed by atoms with Gasteiger partial charge in [-0.2, -0.15) is 0 Å². The largest absolute Gasteiger partial charge is 0.352 e. The Labute approximate surface area is 183 Å². The number of fused-ring (bicyclic) bond motifs is 1. The number of rotatable bonds is 6. The lowest BCUT2D eigenvalue weighted by Gasteiger charge is -2.33. The quantitative estimate of drug-likeness (QED) is 0.531. The second-order valence-corrected chi connectivity index (χ2v) is 8.45. The van der Waals surface area contributed by atoms with Crippen molar-refractivity contribution >= 4 is 28.4 Å². The first kappa shape index (κ1) is 20.8. The first-order chi connectivity index (χ1) is 14.6. The first-order valence-corrected chi connectivity index (χ1v) is 11.2. The van der Waals surface area contributed by atoms with Gasteiger partial charge in [-0.05, 0) is 50.9 Å². The maximum absolute atomic E-state index is 13.1. The highest BCUT2D eigenvalue weighted by atomic mass is 35.5. The van der Waals surface area contributed by atoms with Gasteiger partial charge in [-0.3, -0.25) is 4.79 Å². The maximum atomic E-state index is 13.1. The standard InChI is InChI=1S/C25H28ClN3O/c1-18-9-6-7-15-29(18)16-8-14-27-25(30)21-17-24(20-11-2-4-12-22(20)26)28-23-13-5-3-10-19(21)23/h2-5,10-13,17-18H,6-9,14-16H2,1H3,(H,27,30). The predicted octanol–water partition coefficient (Wildman–Crippen LogP) is 5.55. The number of halogens is 1. The lowest BCUT2D eigenvalue weighted by molar-refractivity contribution is 0.0950. The smallest absolute Gasteiger partial charge is 0.252 e. The van der Waals surface area contributed by atoms with Gasteiger partial charge in [0, 0.05) is 35.1 Å². The van der Waals surface area contributed by atoms with Crippen molar-refractivity contribution in [3.63, 3.8) is 0 Å². The average Bonchev–Trinajstić information content (AvgIpc) is 2.77. The molecule has 0 saturated carbocycles. The fourth-order valence-electron chi connectivity index (χ4n) is 4.24.